The molecule has 5 unspecified atom stereocenters. The summed E-state index contributed by atoms with van der Waals surface area (Å²) in [6.07, 6.45) is -0.421. The van der Waals surface area contributed by atoms with Crippen LogP contribution in [0.15, 0.2) is 0 Å². The van der Waals surface area contributed by atoms with E-state index in [0.29, 0.717) is 0 Å². The first kappa shape index (κ1) is 89.8. The average Bonchev–Trinajstić information content (AvgIpc) is 3.04. The van der Waals surface area contributed by atoms with Crippen molar-refractivity contribution in [3.05, 3.63) is 0 Å². The first-order chi connectivity index (χ1) is 31.2. The predicted octanol–water partition coefficient (Wildman–Crippen LogP) is 6.87. The molecule has 33 heteroatoms. The second-order valence-electron chi connectivity index (χ2n) is 18.6. The topological polar surface area (TPSA) is 489 Å². The normalized spacial score (nSPS) is 14.2. The van der Waals surface area contributed by atoms with Gasteiger partial charge in [0.1, 0.15) is 22.8 Å². The zero-order chi connectivity index (χ0) is 61.2. The number of hydrogen-bond acceptors (Lipinski definition) is 14. The summed E-state index contributed by atoms with van der Waals surface area (Å²) < 4.78 is 84.7. The zero-order valence-corrected chi connectivity index (χ0v) is 51.0. The first-order valence-corrected chi connectivity index (χ1v) is 32.4. The Balaban J connectivity index is -0.0000000899. The van der Waals surface area contributed by atoms with Crippen LogP contribution in [0.4, 0.5) is 0 Å². The molecule has 0 aliphatic heterocycles. The number of phosphoric acid groups is 1. The summed E-state index contributed by atoms with van der Waals surface area (Å²) in [4.78, 5) is 119. The number of hydroxylamine groups is 1. The van der Waals surface area contributed by atoms with Crippen LogP contribution in [0.5, 0.6) is 0 Å². The molecular formula is C39H92NO26P5S. The molecule has 0 aromatic heterocycles. The smallest absolute Gasteiger partial charge is 0.469 e. The summed E-state index contributed by atoms with van der Waals surface area (Å²) in [7, 11) is -23.4. The van der Waals surface area contributed by atoms with E-state index in [1.165, 1.54) is 53.9 Å². The monoisotopic (exact) mass is 1180 g/mol. The quantitative estimate of drug-likeness (QED) is 0.0261. The molecular weight excluding hydrogens is 1090 g/mol. The molecule has 72 heavy (non-hydrogen) atoms. The van der Waals surface area contributed by atoms with E-state index in [0.717, 1.165) is 19.2 Å². The number of nitrogens with one attached hydrogen (secondary N) is 1. The maximum absolute atomic E-state index is 11.1. The Hall–Kier alpha value is -1.79. The fourth-order valence-electron chi connectivity index (χ4n) is 3.60. The van der Waals surface area contributed by atoms with Crippen molar-refractivity contribution < 1.29 is 124 Å². The molecule has 0 spiro atoms. The number of Topliss-reactive ketones (excluding diaryl/α,β-unsaturated/α-hetero) is 1. The van der Waals surface area contributed by atoms with Gasteiger partial charge >= 0.3 is 40.9 Å². The molecule has 0 aliphatic carbocycles. The minimum absolute atomic E-state index is 0.116. The Bertz CT molecular complexity index is 1820. The van der Waals surface area contributed by atoms with Gasteiger partial charge in [-0.05, 0) is 58.3 Å². The third kappa shape index (κ3) is 68.2. The molecule has 0 fully saturated rings. The highest BCUT2D eigenvalue weighted by atomic mass is 32.2. The number of phosphoric ester groups is 1. The number of carbonyl (C=O) groups is 5. The molecule has 0 aliphatic rings. The lowest BCUT2D eigenvalue weighted by Gasteiger charge is -2.23. The lowest BCUT2D eigenvalue weighted by molar-refractivity contribution is -0.147. The minimum Gasteiger partial charge on any atom is -0.481 e. The van der Waals surface area contributed by atoms with Gasteiger partial charge in [0.15, 0.2) is 0 Å². The van der Waals surface area contributed by atoms with Crippen molar-refractivity contribution in [2.75, 3.05) is 13.3 Å². The van der Waals surface area contributed by atoms with E-state index in [1.807, 2.05) is 0 Å². The summed E-state index contributed by atoms with van der Waals surface area (Å²) in [5.41, 5.74) is -0.146. The summed E-state index contributed by atoms with van der Waals surface area (Å²) in [6.45, 7) is 35.1. The molecule has 1 amide bonds. The molecule has 0 saturated heterocycles. The van der Waals surface area contributed by atoms with Crippen LogP contribution in [0.2, 0.25) is 0 Å². The summed E-state index contributed by atoms with van der Waals surface area (Å²) >= 11 is 0. The number of aliphatic carboxylic acids is 3. The van der Waals surface area contributed by atoms with Gasteiger partial charge in [0.05, 0.1) is 22.9 Å². The van der Waals surface area contributed by atoms with Gasteiger partial charge < -0.3 is 54.5 Å². The van der Waals surface area contributed by atoms with Crippen molar-refractivity contribution in [3.8, 4) is 0 Å². The Kier molecular flexibility index (Phi) is 52.8. The van der Waals surface area contributed by atoms with Crippen LogP contribution >= 0.6 is 37.8 Å². The summed E-state index contributed by atoms with van der Waals surface area (Å²) in [6, 6.07) is 0. The number of ketones is 1. The standard InChI is InChI=1S/C7H12O3.C6H13O4P.C5H14O5P2.C4H9NO2.C4H8O2.C4H10.C3H9O4P.C3H9O3P.C3H8O3S/c1-4(2)6(5(3)8)7(9)10;1-4(2)5(6(7)8)11(3,9)10;1-4(2)5(11(3,6)7)12(8,9)10;1-3(2)4(6)5-7;1-3(2)4(5)6;1-4(2)3;1-3(2)7-8(4,5)6;2*1-3(2)7(4,5)6/h4,6H,1-3H3,(H,9,10);4-5H,1-3H3,(H,7,8)(H,9,10);4-5H,1-3H3,(H,6,7)(H2,8,9,10);3,7H,1-2H3,(H,5,6);3H,1-2H3,(H,5,6);4H,1-3H3;3H,1-2H3,(H2,4,5,6);3H,1-2H3,(H2,4,5,6);3H,1-2H3,(H,4,5,6). The Morgan fingerprint density at radius 3 is 0.806 bits per heavy atom. The Labute approximate surface area is 426 Å². The van der Waals surface area contributed by atoms with Gasteiger partial charge in [-0.2, -0.15) is 8.42 Å². The summed E-state index contributed by atoms with van der Waals surface area (Å²) in [5.74, 6) is -4.89. The molecule has 0 bridgehead atoms. The molecule has 440 valence electrons. The van der Waals surface area contributed by atoms with E-state index in [2.05, 4.69) is 25.3 Å². The van der Waals surface area contributed by atoms with E-state index in [4.69, 9.17) is 64.2 Å². The fraction of sp³-hybridized carbons (Fsp3) is 0.872. The largest absolute Gasteiger partial charge is 0.481 e. The average molecular weight is 1180 g/mol. The highest BCUT2D eigenvalue weighted by Gasteiger charge is 2.43. The van der Waals surface area contributed by atoms with Gasteiger partial charge in [-0.25, -0.2) is 10.0 Å². The third-order valence-electron chi connectivity index (χ3n) is 6.95. The van der Waals surface area contributed by atoms with Gasteiger partial charge in [0, 0.05) is 19.2 Å². The van der Waals surface area contributed by atoms with Gasteiger partial charge in [-0.1, -0.05) is 104 Å². The molecule has 0 aromatic rings. The molecule has 5 atom stereocenters. The van der Waals surface area contributed by atoms with Gasteiger partial charge in [-0.15, -0.1) is 0 Å². The van der Waals surface area contributed by atoms with Crippen LogP contribution in [-0.2, 0) is 61.4 Å². The zero-order valence-electron chi connectivity index (χ0n) is 45.7. The molecule has 0 rings (SSSR count). The maximum Gasteiger partial charge on any atom is 0.469 e. The van der Waals surface area contributed by atoms with Crippen molar-refractivity contribution in [1.82, 2.24) is 5.48 Å². The van der Waals surface area contributed by atoms with Crippen LogP contribution < -0.4 is 5.48 Å². The molecule has 0 radical (unpaired) electrons. The van der Waals surface area contributed by atoms with E-state index >= 15 is 0 Å². The van der Waals surface area contributed by atoms with Crippen molar-refractivity contribution in [1.29, 1.82) is 0 Å². The predicted molar refractivity (Wildman–Crippen MR) is 275 cm³/mol. The lowest BCUT2D eigenvalue weighted by atomic mass is 9.93. The summed E-state index contributed by atoms with van der Waals surface area (Å²) in [5, 5.41) is 30.8. The van der Waals surface area contributed by atoms with Crippen LogP contribution in [0.3, 0.4) is 0 Å². The third-order valence-corrected chi connectivity index (χ3v) is 17.1. The van der Waals surface area contributed by atoms with Crippen LogP contribution in [0, 0.1) is 41.4 Å². The number of hydrogen-bond donors (Lipinski definition) is 14. The number of carbonyl (C=O) groups excluding carboxylic acids is 2. The van der Waals surface area contributed by atoms with Crippen molar-refractivity contribution in [2.24, 2.45) is 41.4 Å². The Morgan fingerprint density at radius 1 is 0.514 bits per heavy atom. The van der Waals surface area contributed by atoms with Gasteiger partial charge in [0.25, 0.3) is 10.1 Å². The second kappa shape index (κ2) is 42.3. The SMILES string of the molecule is CC(=O)C(C(=O)O)C(C)C.CC(C)C.CC(C)C(=O)NO.CC(C)C(=O)O.CC(C)C(C(=O)O)P(C)(=O)O.CC(C)C(P(C)(=O)O)P(=O)(O)O.CC(C)OP(=O)(O)O.CC(C)P(=O)(O)O.CC(C)S(=O)(=O)O. The molecule has 27 nitrogen and oxygen atoms in total. The molecule has 14 N–H and O–H groups in total. The minimum atomic E-state index is -4.47. The highest BCUT2D eigenvalue weighted by molar-refractivity contribution is 7.86. The van der Waals surface area contributed by atoms with Crippen molar-refractivity contribution in [3.63, 3.8) is 0 Å². The van der Waals surface area contributed by atoms with Crippen molar-refractivity contribution in [2.45, 2.75) is 167 Å². The molecule has 0 aromatic carbocycles. The van der Waals surface area contributed by atoms with Crippen LogP contribution in [0.25, 0.3) is 0 Å². The number of carboxylic acid groups (broad SMARTS) is 3. The first-order valence-electron chi connectivity index (χ1n) is 21.7. The molecule has 0 saturated carbocycles. The highest BCUT2D eigenvalue weighted by Crippen LogP contribution is 2.62. The van der Waals surface area contributed by atoms with E-state index in [9.17, 15) is 55.2 Å². The van der Waals surface area contributed by atoms with Gasteiger partial charge in [0.2, 0.25) is 20.6 Å². The second-order valence-corrected chi connectivity index (χ2v) is 31.0. The van der Waals surface area contributed by atoms with Gasteiger partial charge in [-0.3, -0.25) is 56.5 Å². The lowest BCUT2D eigenvalue weighted by Crippen LogP contribution is -2.26. The van der Waals surface area contributed by atoms with E-state index in [-0.39, 0.29) is 35.4 Å². The van der Waals surface area contributed by atoms with E-state index < -0.39 is 106 Å². The number of amides is 1. The van der Waals surface area contributed by atoms with E-state index in [1.54, 1.807) is 69.2 Å². The maximum atomic E-state index is 11.1. The van der Waals surface area contributed by atoms with Crippen molar-refractivity contribution >= 4 is 77.5 Å². The molecule has 0 heterocycles. The Morgan fingerprint density at radius 2 is 0.806 bits per heavy atom. The fourth-order valence-corrected chi connectivity index (χ4v) is 9.78. The number of rotatable bonds is 15. The van der Waals surface area contributed by atoms with Crippen LogP contribution in [0.1, 0.15) is 138 Å². The number of carboxylic acids is 3. The van der Waals surface area contributed by atoms with Crippen LogP contribution in [-0.4, -0.2) is 144 Å².